The van der Waals surface area contributed by atoms with E-state index < -0.39 is 0 Å². The van der Waals surface area contributed by atoms with Crippen molar-refractivity contribution in [2.45, 2.75) is 64.6 Å². The summed E-state index contributed by atoms with van der Waals surface area (Å²) in [7, 11) is 0. The third-order valence-electron chi connectivity index (χ3n) is 3.54. The molecule has 16 heavy (non-hydrogen) atoms. The number of carbonyl (C=O) groups is 1. The molecule has 4 heteroatoms. The molecule has 1 spiro atoms. The Bertz CT molecular complexity index is 297. The highest BCUT2D eigenvalue weighted by atomic mass is 16.2. The largest absolute Gasteiger partial charge is 0.333 e. The van der Waals surface area contributed by atoms with E-state index in [1.807, 2.05) is 20.8 Å². The maximum absolute atomic E-state index is 12.0. The van der Waals surface area contributed by atoms with Gasteiger partial charge in [0.1, 0.15) is 5.66 Å². The molecular weight excluding hydrogens is 202 g/mol. The van der Waals surface area contributed by atoms with Gasteiger partial charge in [-0.25, -0.2) is 10.2 Å². The van der Waals surface area contributed by atoms with Crippen molar-refractivity contribution in [3.63, 3.8) is 0 Å². The molecule has 2 aliphatic rings. The summed E-state index contributed by atoms with van der Waals surface area (Å²) in [5.74, 6) is 0.682. The zero-order valence-electron chi connectivity index (χ0n) is 10.8. The molecule has 0 aromatic carbocycles. The van der Waals surface area contributed by atoms with E-state index in [0.717, 1.165) is 12.8 Å². The van der Waals surface area contributed by atoms with E-state index in [0.29, 0.717) is 5.92 Å². The Labute approximate surface area is 97.7 Å². The molecule has 0 radical (unpaired) electrons. The molecule has 2 amide bonds. The minimum absolute atomic E-state index is 0.0154. The second kappa shape index (κ2) is 3.62. The van der Waals surface area contributed by atoms with Gasteiger partial charge < -0.3 is 5.32 Å². The standard InChI is InChI=1S/C12H23N3O/c1-9-6-5-7-12(8-9)13-10(16)15(14-12)11(2,3)4/h9,14H,5-8H2,1-4H3,(H,13,16). The normalized spacial score (nSPS) is 35.6. The van der Waals surface area contributed by atoms with Crippen LogP contribution >= 0.6 is 0 Å². The van der Waals surface area contributed by atoms with Gasteiger partial charge in [0.15, 0.2) is 0 Å². The lowest BCUT2D eigenvalue weighted by Crippen LogP contribution is -2.56. The molecule has 1 aliphatic heterocycles. The molecule has 2 fully saturated rings. The van der Waals surface area contributed by atoms with Crippen molar-refractivity contribution in [1.29, 1.82) is 0 Å². The number of amides is 2. The van der Waals surface area contributed by atoms with Gasteiger partial charge in [0.2, 0.25) is 0 Å². The van der Waals surface area contributed by atoms with Crippen LogP contribution in [0, 0.1) is 5.92 Å². The van der Waals surface area contributed by atoms with Crippen LogP contribution in [-0.4, -0.2) is 22.2 Å². The Morgan fingerprint density at radius 1 is 1.44 bits per heavy atom. The second-order valence-corrected chi connectivity index (χ2v) is 6.33. The van der Waals surface area contributed by atoms with Crippen LogP contribution < -0.4 is 10.7 Å². The summed E-state index contributed by atoms with van der Waals surface area (Å²) >= 11 is 0. The molecule has 4 nitrogen and oxygen atoms in total. The number of hydrogen-bond donors (Lipinski definition) is 2. The van der Waals surface area contributed by atoms with Gasteiger partial charge in [-0.2, -0.15) is 0 Å². The Balaban J connectivity index is 2.13. The van der Waals surface area contributed by atoms with Crippen molar-refractivity contribution >= 4 is 6.03 Å². The monoisotopic (exact) mass is 225 g/mol. The highest BCUT2D eigenvalue weighted by Crippen LogP contribution is 2.34. The van der Waals surface area contributed by atoms with Gasteiger partial charge in [0.05, 0.1) is 5.54 Å². The fraction of sp³-hybridized carbons (Fsp3) is 0.917. The number of carbonyl (C=O) groups excluding carboxylic acids is 1. The maximum atomic E-state index is 12.0. The smallest absolute Gasteiger partial charge is 0.317 e. The van der Waals surface area contributed by atoms with Gasteiger partial charge in [-0.1, -0.05) is 13.3 Å². The number of urea groups is 1. The summed E-state index contributed by atoms with van der Waals surface area (Å²) in [6.45, 7) is 8.40. The molecule has 0 aromatic heterocycles. The molecule has 0 bridgehead atoms. The number of hydrogen-bond acceptors (Lipinski definition) is 2. The summed E-state index contributed by atoms with van der Waals surface area (Å²) in [5.41, 5.74) is 3.05. The summed E-state index contributed by atoms with van der Waals surface area (Å²) in [5, 5.41) is 4.87. The lowest BCUT2D eigenvalue weighted by atomic mass is 9.83. The van der Waals surface area contributed by atoms with Crippen molar-refractivity contribution in [2.75, 3.05) is 0 Å². The number of nitrogens with one attached hydrogen (secondary N) is 2. The van der Waals surface area contributed by atoms with Crippen LogP contribution in [0.4, 0.5) is 4.79 Å². The van der Waals surface area contributed by atoms with Crippen molar-refractivity contribution in [3.05, 3.63) is 0 Å². The highest BCUT2D eigenvalue weighted by Gasteiger charge is 2.47. The quantitative estimate of drug-likeness (QED) is 0.664. The molecule has 1 saturated carbocycles. The SMILES string of the molecule is CC1CCCC2(C1)NC(=O)N(C(C)(C)C)N2. The number of rotatable bonds is 0. The topological polar surface area (TPSA) is 44.4 Å². The van der Waals surface area contributed by atoms with E-state index in [2.05, 4.69) is 17.7 Å². The molecule has 1 aliphatic carbocycles. The first kappa shape index (κ1) is 11.7. The number of hydrazine groups is 1. The van der Waals surface area contributed by atoms with Gasteiger partial charge in [-0.15, -0.1) is 0 Å². The van der Waals surface area contributed by atoms with E-state index in [1.54, 1.807) is 5.01 Å². The third kappa shape index (κ3) is 2.03. The first-order valence-corrected chi connectivity index (χ1v) is 6.23. The molecule has 2 rings (SSSR count). The lowest BCUT2D eigenvalue weighted by molar-refractivity contribution is 0.0788. The number of nitrogens with zero attached hydrogens (tertiary/aromatic N) is 1. The highest BCUT2D eigenvalue weighted by molar-refractivity contribution is 5.77. The van der Waals surface area contributed by atoms with E-state index in [9.17, 15) is 4.79 Å². The minimum atomic E-state index is -0.179. The van der Waals surface area contributed by atoms with Crippen LogP contribution in [0.5, 0.6) is 0 Å². The predicted molar refractivity (Wildman–Crippen MR) is 63.6 cm³/mol. The van der Waals surface area contributed by atoms with E-state index in [4.69, 9.17) is 0 Å². The van der Waals surface area contributed by atoms with Crippen molar-refractivity contribution < 1.29 is 4.79 Å². The average molecular weight is 225 g/mol. The van der Waals surface area contributed by atoms with E-state index in [-0.39, 0.29) is 17.2 Å². The van der Waals surface area contributed by atoms with Crippen molar-refractivity contribution in [1.82, 2.24) is 15.8 Å². The molecule has 92 valence electrons. The van der Waals surface area contributed by atoms with Gasteiger partial charge in [0.25, 0.3) is 0 Å². The van der Waals surface area contributed by atoms with Gasteiger partial charge in [-0.05, 0) is 46.0 Å². The Morgan fingerprint density at radius 2 is 2.12 bits per heavy atom. The third-order valence-corrected chi connectivity index (χ3v) is 3.54. The zero-order valence-corrected chi connectivity index (χ0v) is 10.8. The molecule has 2 N–H and O–H groups in total. The van der Waals surface area contributed by atoms with Crippen LogP contribution in [0.15, 0.2) is 0 Å². The predicted octanol–water partition coefficient (Wildman–Crippen LogP) is 2.22. The first-order chi connectivity index (χ1) is 7.32. The second-order valence-electron chi connectivity index (χ2n) is 6.33. The van der Waals surface area contributed by atoms with Crippen LogP contribution in [0.3, 0.4) is 0 Å². The van der Waals surface area contributed by atoms with Crippen LogP contribution in [-0.2, 0) is 0 Å². The fourth-order valence-corrected chi connectivity index (χ4v) is 2.79. The minimum Gasteiger partial charge on any atom is -0.317 e. The molecule has 2 atom stereocenters. The summed E-state index contributed by atoms with van der Waals surface area (Å²) in [4.78, 5) is 12.0. The van der Waals surface area contributed by atoms with Crippen molar-refractivity contribution in [3.8, 4) is 0 Å². The van der Waals surface area contributed by atoms with E-state index >= 15 is 0 Å². The van der Waals surface area contributed by atoms with Crippen LogP contribution in [0.25, 0.3) is 0 Å². The van der Waals surface area contributed by atoms with Crippen LogP contribution in [0.2, 0.25) is 0 Å². The van der Waals surface area contributed by atoms with Gasteiger partial charge in [0, 0.05) is 0 Å². The lowest BCUT2D eigenvalue weighted by Gasteiger charge is -2.38. The summed E-state index contributed by atoms with van der Waals surface area (Å²) in [6.07, 6.45) is 4.53. The molecule has 1 heterocycles. The fourth-order valence-electron chi connectivity index (χ4n) is 2.79. The summed E-state index contributed by atoms with van der Waals surface area (Å²) < 4.78 is 0. The van der Waals surface area contributed by atoms with Gasteiger partial charge >= 0.3 is 6.03 Å². The Hall–Kier alpha value is -0.770. The summed E-state index contributed by atoms with van der Waals surface area (Å²) in [6, 6.07) is 0.0154. The van der Waals surface area contributed by atoms with Gasteiger partial charge in [-0.3, -0.25) is 5.01 Å². The van der Waals surface area contributed by atoms with Crippen LogP contribution in [0.1, 0.15) is 53.4 Å². The molecule has 1 saturated heterocycles. The zero-order chi connectivity index (χ0) is 12.0. The Kier molecular flexibility index (Phi) is 2.65. The molecular formula is C12H23N3O. The van der Waals surface area contributed by atoms with E-state index in [1.165, 1.54) is 12.8 Å². The molecule has 2 unspecified atom stereocenters. The maximum Gasteiger partial charge on any atom is 0.333 e. The first-order valence-electron chi connectivity index (χ1n) is 6.23. The average Bonchev–Trinajstić information content (AvgIpc) is 2.41. The molecule has 0 aromatic rings. The van der Waals surface area contributed by atoms with Crippen molar-refractivity contribution in [2.24, 2.45) is 5.92 Å². The Morgan fingerprint density at radius 3 is 2.62 bits per heavy atom.